The number of cyclic esters (lactones) is 3. The van der Waals surface area contributed by atoms with Crippen molar-refractivity contribution in [1.82, 2.24) is 14.7 Å². The zero-order valence-corrected chi connectivity index (χ0v) is 97.5. The van der Waals surface area contributed by atoms with Crippen LogP contribution in [0.4, 0.5) is 0 Å². The number of esters is 3. The molecule has 10 N–H and O–H groups in total. The van der Waals surface area contributed by atoms with Crippen LogP contribution in [0.1, 0.15) is 286 Å². The number of ether oxygens (including phenoxy) is 20. The Morgan fingerprint density at radius 3 is 0.959 bits per heavy atom. The number of likely N-dealkylation sites (N-methyl/N-ethyl adjacent to an activating group) is 3. The molecule has 0 aromatic carbocycles. The summed E-state index contributed by atoms with van der Waals surface area (Å²) in [7, 11) is 16.0. The lowest BCUT2D eigenvalue weighted by Crippen LogP contribution is -2.60. The predicted molar refractivity (Wildman–Crippen MR) is 549 cm³/mol. The van der Waals surface area contributed by atoms with Crippen LogP contribution in [-0.2, 0) is 114 Å². The normalized spacial score (nSPS) is 49.4. The molecule has 0 saturated carbocycles. The molecule has 11 heterocycles. The SMILES string of the molecule is COC1(C)CC(OC2[C@H](C)C(OC3O[C@H](C)CC(N(C)C)C3O)C(C)(O)C[C@@H](C)C(=O)[C@H](C)C(O)C(C)(C)C(C)OC(=O)[C@@H]2C)O[C@@H](C)C1O.COC1(C)CC(OC2[C@H](C)C(OC3O[C@H](C)CC(N(C)C)C3O)C3(C)CC(C)=C(O3)[C@H](C)C(O)C(C)(C)C(C)OC(=O)[C@@H]2C)O[C@@H](C)C1O.COC1(C)CC(OC2[C@H](C)C(OC3O[C@H](C)CC(N(C)C)C3O)C3(C)CC(C)C(O3)[C@H](C)C(O)C(C)(C)C(C)OC(=O)[C@@H]2C)O[C@@H](C)C1O. The Kier molecular flexibility index (Phi) is 43.2. The highest BCUT2D eigenvalue weighted by molar-refractivity contribution is 5.83. The Bertz CT molecular complexity index is 4200. The van der Waals surface area contributed by atoms with E-state index in [-0.39, 0.29) is 85.8 Å². The number of carbonyl (C=O) groups is 4. The van der Waals surface area contributed by atoms with Gasteiger partial charge in [-0.3, -0.25) is 19.2 Å². The van der Waals surface area contributed by atoms with Crippen LogP contribution >= 0.6 is 0 Å². The maximum atomic E-state index is 14.1. The highest BCUT2D eigenvalue weighted by atomic mass is 16.7. The fourth-order valence-corrected chi connectivity index (χ4v) is 25.6. The summed E-state index contributed by atoms with van der Waals surface area (Å²) < 4.78 is 127. The van der Waals surface area contributed by atoms with Crippen LogP contribution in [-0.4, -0.2) is 395 Å². The van der Waals surface area contributed by atoms with E-state index in [9.17, 15) is 70.2 Å². The van der Waals surface area contributed by atoms with Crippen LogP contribution in [0.2, 0.25) is 0 Å². The molecule has 51 atom stereocenters. The molecule has 0 radical (unpaired) electrons. The third-order valence-corrected chi connectivity index (χ3v) is 36.8. The summed E-state index contributed by atoms with van der Waals surface area (Å²) in [4.78, 5) is 61.8. The molecule has 11 aliphatic rings. The molecule has 35 unspecified atom stereocenters. The van der Waals surface area contributed by atoms with Gasteiger partial charge in [0.15, 0.2) is 37.7 Å². The van der Waals surface area contributed by atoms with Gasteiger partial charge < -0.3 is 161 Å². The highest BCUT2D eigenvalue weighted by Crippen LogP contribution is 2.54. The number of rotatable bonds is 18. The Morgan fingerprint density at radius 2 is 0.642 bits per heavy atom. The number of fused-ring (bicyclic) bond motifs is 4. The molecule has 10 saturated heterocycles. The summed E-state index contributed by atoms with van der Waals surface area (Å²) in [5.41, 5.74) is -8.19. The monoisotopic (exact) mass is 2120 g/mol. The van der Waals surface area contributed by atoms with Gasteiger partial charge in [0.05, 0.1) is 137 Å². The maximum Gasteiger partial charge on any atom is 0.311 e. The van der Waals surface area contributed by atoms with Crippen LogP contribution in [0.3, 0.4) is 0 Å². The van der Waals surface area contributed by atoms with E-state index >= 15 is 0 Å². The number of carbonyl (C=O) groups excluding carboxylic acids is 4. The van der Waals surface area contributed by atoms with E-state index in [4.69, 9.17) is 94.7 Å². The van der Waals surface area contributed by atoms with Crippen molar-refractivity contribution in [3.63, 3.8) is 0 Å². The zero-order chi connectivity index (χ0) is 112. The summed E-state index contributed by atoms with van der Waals surface area (Å²) in [5, 5.41) is 115. The quantitative estimate of drug-likeness (QED) is 0.0450. The number of hydrogen-bond donors (Lipinski definition) is 10. The van der Waals surface area contributed by atoms with Crippen molar-refractivity contribution in [3.8, 4) is 0 Å². The largest absolute Gasteiger partial charge is 0.489 e. The highest BCUT2D eigenvalue weighted by Gasteiger charge is 2.63. The van der Waals surface area contributed by atoms with Gasteiger partial charge >= 0.3 is 17.9 Å². The topological polar surface area (TPSA) is 465 Å². The average molecular weight is 2120 g/mol. The molecule has 4 bridgehead atoms. The van der Waals surface area contributed by atoms with Crippen LogP contribution in [0.5, 0.6) is 0 Å². The number of hydrogen-bond acceptors (Lipinski definition) is 37. The molecule has 0 aromatic rings. The summed E-state index contributed by atoms with van der Waals surface area (Å²) >= 11 is 0. The number of methoxy groups -OCH3 is 3. The molecule has 11 aliphatic heterocycles. The zero-order valence-electron chi connectivity index (χ0n) is 97.5. The number of nitrogens with zero attached hydrogens (tertiary/aromatic N) is 3. The van der Waals surface area contributed by atoms with E-state index in [1.807, 2.05) is 175 Å². The first-order valence-electron chi connectivity index (χ1n) is 54.6. The lowest BCUT2D eigenvalue weighted by molar-refractivity contribution is -0.319. The summed E-state index contributed by atoms with van der Waals surface area (Å²) in [6, 6.07) is -0.703. The van der Waals surface area contributed by atoms with Crippen LogP contribution in [0.15, 0.2) is 11.3 Å². The first-order chi connectivity index (χ1) is 68.0. The van der Waals surface area contributed by atoms with E-state index in [0.29, 0.717) is 37.9 Å². The Hall–Kier alpha value is -3.54. The minimum Gasteiger partial charge on any atom is -0.489 e. The molecule has 0 aliphatic carbocycles. The smallest absolute Gasteiger partial charge is 0.311 e. The molecule has 11 rings (SSSR count). The fraction of sp³-hybridized carbons (Fsp3) is 0.946. The lowest BCUT2D eigenvalue weighted by atomic mass is 9.71. The average Bonchev–Trinajstić information content (AvgIpc) is 1.60. The minimum atomic E-state index is -1.73. The lowest BCUT2D eigenvalue weighted by Gasteiger charge is -2.49. The van der Waals surface area contributed by atoms with Gasteiger partial charge in [-0.05, 0) is 217 Å². The maximum absolute atomic E-state index is 14.1. The molecular formula is C111H199N3O34. The molecule has 862 valence electrons. The molecule has 0 aromatic heterocycles. The van der Waals surface area contributed by atoms with E-state index in [1.54, 1.807) is 118 Å². The molecule has 10 fully saturated rings. The molecular weight excluding hydrogens is 1920 g/mol. The van der Waals surface area contributed by atoms with Crippen molar-refractivity contribution in [3.05, 3.63) is 11.3 Å². The molecule has 0 amide bonds. The second kappa shape index (κ2) is 49.9. The van der Waals surface area contributed by atoms with Gasteiger partial charge in [-0.25, -0.2) is 0 Å². The van der Waals surface area contributed by atoms with Gasteiger partial charge in [-0.15, -0.1) is 0 Å². The molecule has 148 heavy (non-hydrogen) atoms. The standard InChI is InChI=1S/C37H67NO12.C37H67NO11.C37H65NO11/c1-18-16-36(10,44)32(50-34-28(40)25(38(12)13)15-19(2)46-34)21(4)29(49-26-17-37(11,45-14)31(42)23(6)47-26)22(5)33(43)48-24(7)35(8,9)30(41)20(3)27(18)39;2*1-18-16-37(11)32(48-34-27(39)25(38(12)13)15-19(2)44-34)21(4)29(47-26-17-36(10,43-14)31(41)23(6)45-26)22(5)33(42)46-24(7)35(8,9)30(40)20(3)28(18)49-37/h18-26,28-32,34,40-42,44H,15-17H2,1-14H3;18-32,34,39-41H,15-17H2,1-14H3;19-27,29-32,34,39-41H,15-17H2,1-14H3/t18-,19-,20+,21+,22-,23+,24?,25?,26?,28?,29?,30?,31?,32?,34?,36?,37?;18?,19-,20+,21+,22-,23+,24?,25?,26?,27?,28?,29?,30?,31?,32?,34?,36?,37?;19-,20+,21+,22-,23+,24?,25?,26?,27?,29?,30?,31?,32?,34?,36?,37?/m111/s1. The van der Waals surface area contributed by atoms with Crippen molar-refractivity contribution in [2.45, 2.75) is 528 Å². The Morgan fingerprint density at radius 1 is 0.345 bits per heavy atom. The number of aliphatic hydroxyl groups excluding tert-OH is 9. The summed E-state index contributed by atoms with van der Waals surface area (Å²) in [6.45, 7) is 60.7. The van der Waals surface area contributed by atoms with Gasteiger partial charge in [-0.1, -0.05) is 96.9 Å². The molecule has 0 spiro atoms. The van der Waals surface area contributed by atoms with Crippen molar-refractivity contribution in [2.75, 3.05) is 63.6 Å². The Labute approximate surface area is 883 Å². The van der Waals surface area contributed by atoms with Gasteiger partial charge in [0.2, 0.25) is 0 Å². The number of aliphatic hydroxyl groups is 10. The predicted octanol–water partition coefficient (Wildman–Crippen LogP) is 9.96. The summed E-state index contributed by atoms with van der Waals surface area (Å²) in [5.74, 6) is -7.79. The molecule has 37 heteroatoms. The van der Waals surface area contributed by atoms with E-state index in [0.717, 1.165) is 5.57 Å². The van der Waals surface area contributed by atoms with Gasteiger partial charge in [0.25, 0.3) is 0 Å². The first-order valence-corrected chi connectivity index (χ1v) is 54.6. The van der Waals surface area contributed by atoms with E-state index < -0.39 is 287 Å². The third-order valence-electron chi connectivity index (χ3n) is 36.8. The fourth-order valence-electron chi connectivity index (χ4n) is 25.6. The van der Waals surface area contributed by atoms with E-state index in [2.05, 4.69) is 6.92 Å². The third kappa shape index (κ3) is 27.6. The van der Waals surface area contributed by atoms with Crippen LogP contribution in [0.25, 0.3) is 0 Å². The van der Waals surface area contributed by atoms with Crippen LogP contribution in [0, 0.1) is 81.3 Å². The van der Waals surface area contributed by atoms with Gasteiger partial charge in [-0.2, -0.15) is 0 Å². The number of Topliss-reactive ketones (excluding diaryl/α,β-unsaturated/α-hetero) is 1. The van der Waals surface area contributed by atoms with Gasteiger partial charge in [0.1, 0.15) is 78.2 Å². The second-order valence-corrected chi connectivity index (χ2v) is 50.6. The van der Waals surface area contributed by atoms with Crippen molar-refractivity contribution in [2.24, 2.45) is 81.3 Å². The number of ketones is 1. The summed E-state index contributed by atoms with van der Waals surface area (Å²) in [6.07, 6.45) is -21.1. The first kappa shape index (κ1) is 128. The van der Waals surface area contributed by atoms with Gasteiger partial charge in [0, 0.05) is 123 Å². The van der Waals surface area contributed by atoms with Crippen molar-refractivity contribution in [1.29, 1.82) is 0 Å². The van der Waals surface area contributed by atoms with Crippen molar-refractivity contribution >= 4 is 23.7 Å². The van der Waals surface area contributed by atoms with Crippen molar-refractivity contribution < 1.29 is 165 Å². The second-order valence-electron chi connectivity index (χ2n) is 50.6. The molecule has 37 nitrogen and oxygen atoms in total. The minimum absolute atomic E-state index is 0.0541. The Balaban J connectivity index is 0.000000247. The van der Waals surface area contributed by atoms with E-state index in [1.165, 1.54) is 7.11 Å². The van der Waals surface area contributed by atoms with Crippen LogP contribution < -0.4 is 0 Å².